The smallest absolute Gasteiger partial charge is 0.125 e. The summed E-state index contributed by atoms with van der Waals surface area (Å²) in [5.74, 6) is -0.134. The van der Waals surface area contributed by atoms with Crippen molar-refractivity contribution in [1.29, 1.82) is 0 Å². The Morgan fingerprint density at radius 3 is 2.50 bits per heavy atom. The number of nitrogens with zero attached hydrogens (tertiary/aromatic N) is 1. The van der Waals surface area contributed by atoms with Crippen LogP contribution >= 0.6 is 0 Å². The Labute approximate surface area is 96.5 Å². The molecule has 16 heavy (non-hydrogen) atoms. The number of piperidine rings is 1. The van der Waals surface area contributed by atoms with E-state index in [1.807, 2.05) is 14.0 Å². The normalized spacial score (nSPS) is 17.8. The Hall–Kier alpha value is -1.09. The zero-order valence-electron chi connectivity index (χ0n) is 9.96. The van der Waals surface area contributed by atoms with Crippen LogP contribution in [0.3, 0.4) is 0 Å². The van der Waals surface area contributed by atoms with Crippen LogP contribution in [0.4, 0.5) is 10.1 Å². The maximum absolute atomic E-state index is 13.3. The minimum Gasteiger partial charge on any atom is -0.371 e. The van der Waals surface area contributed by atoms with Crippen LogP contribution in [0.5, 0.6) is 0 Å². The summed E-state index contributed by atoms with van der Waals surface area (Å²) in [6.45, 7) is 3.95. The van der Waals surface area contributed by atoms with Crippen molar-refractivity contribution in [2.75, 3.05) is 25.0 Å². The van der Waals surface area contributed by atoms with Gasteiger partial charge in [0.05, 0.1) is 0 Å². The molecule has 0 spiro atoms. The van der Waals surface area contributed by atoms with Gasteiger partial charge in [-0.25, -0.2) is 4.39 Å². The summed E-state index contributed by atoms with van der Waals surface area (Å²) >= 11 is 0. The van der Waals surface area contributed by atoms with Crippen molar-refractivity contribution in [1.82, 2.24) is 5.32 Å². The van der Waals surface area contributed by atoms with Crippen LogP contribution in [-0.4, -0.2) is 26.2 Å². The Balaban J connectivity index is 2.08. The van der Waals surface area contributed by atoms with Gasteiger partial charge in [0, 0.05) is 24.8 Å². The molecule has 0 amide bonds. The maximum Gasteiger partial charge on any atom is 0.125 e. The Morgan fingerprint density at radius 1 is 1.25 bits per heavy atom. The predicted molar refractivity (Wildman–Crippen MR) is 65.4 cm³/mol. The first-order valence-corrected chi connectivity index (χ1v) is 5.88. The molecule has 2 rings (SSSR count). The maximum atomic E-state index is 13.3. The van der Waals surface area contributed by atoms with E-state index in [0.29, 0.717) is 6.04 Å². The van der Waals surface area contributed by atoms with E-state index >= 15 is 0 Å². The molecule has 1 aliphatic rings. The highest BCUT2D eigenvalue weighted by atomic mass is 19.1. The molecule has 1 aliphatic heterocycles. The molecule has 1 aromatic rings. The fourth-order valence-corrected chi connectivity index (χ4v) is 2.33. The van der Waals surface area contributed by atoms with Gasteiger partial charge in [-0.05, 0) is 50.6 Å². The van der Waals surface area contributed by atoms with Crippen LogP contribution in [0.1, 0.15) is 18.4 Å². The highest BCUT2D eigenvalue weighted by molar-refractivity contribution is 5.49. The SMILES string of the molecule is CNC1CCN(c2cc(C)cc(F)c2)CC1. The Bertz CT molecular complexity index is 337. The second kappa shape index (κ2) is 4.83. The number of hydrogen-bond donors (Lipinski definition) is 1. The predicted octanol–water partition coefficient (Wildman–Crippen LogP) is 2.32. The second-order valence-corrected chi connectivity index (χ2v) is 4.54. The number of aryl methyl sites for hydroxylation is 1. The van der Waals surface area contributed by atoms with Crippen molar-refractivity contribution in [2.45, 2.75) is 25.8 Å². The Kier molecular flexibility index (Phi) is 3.44. The van der Waals surface area contributed by atoms with E-state index in [9.17, 15) is 4.39 Å². The lowest BCUT2D eigenvalue weighted by Gasteiger charge is -2.33. The van der Waals surface area contributed by atoms with Crippen LogP contribution in [-0.2, 0) is 0 Å². The van der Waals surface area contributed by atoms with Gasteiger partial charge in [-0.2, -0.15) is 0 Å². The lowest BCUT2D eigenvalue weighted by Crippen LogP contribution is -2.41. The lowest BCUT2D eigenvalue weighted by molar-refractivity contribution is 0.442. The highest BCUT2D eigenvalue weighted by Crippen LogP contribution is 2.22. The van der Waals surface area contributed by atoms with E-state index in [1.165, 1.54) is 0 Å². The fraction of sp³-hybridized carbons (Fsp3) is 0.538. The van der Waals surface area contributed by atoms with Gasteiger partial charge in [0.25, 0.3) is 0 Å². The van der Waals surface area contributed by atoms with Crippen molar-refractivity contribution >= 4 is 5.69 Å². The summed E-state index contributed by atoms with van der Waals surface area (Å²) in [7, 11) is 2.01. The van der Waals surface area contributed by atoms with Crippen LogP contribution in [0.25, 0.3) is 0 Å². The molecular weight excluding hydrogens is 203 g/mol. The number of rotatable bonds is 2. The van der Waals surface area contributed by atoms with Crippen molar-refractivity contribution in [3.8, 4) is 0 Å². The van der Waals surface area contributed by atoms with Gasteiger partial charge in [-0.1, -0.05) is 0 Å². The second-order valence-electron chi connectivity index (χ2n) is 4.54. The molecule has 1 heterocycles. The third-order valence-corrected chi connectivity index (χ3v) is 3.30. The molecule has 3 heteroatoms. The molecule has 0 radical (unpaired) electrons. The number of benzene rings is 1. The van der Waals surface area contributed by atoms with Crippen LogP contribution in [0, 0.1) is 12.7 Å². The van der Waals surface area contributed by atoms with Crippen LogP contribution < -0.4 is 10.2 Å². The largest absolute Gasteiger partial charge is 0.371 e. The van der Waals surface area contributed by atoms with Crippen molar-refractivity contribution in [3.05, 3.63) is 29.6 Å². The van der Waals surface area contributed by atoms with Gasteiger partial charge in [0.2, 0.25) is 0 Å². The van der Waals surface area contributed by atoms with Crippen LogP contribution in [0.15, 0.2) is 18.2 Å². The average molecular weight is 222 g/mol. The van der Waals surface area contributed by atoms with Crippen LogP contribution in [0.2, 0.25) is 0 Å². The molecule has 0 bridgehead atoms. The standard InChI is InChI=1S/C13H19FN2/c1-10-7-11(14)9-13(8-10)16-5-3-12(15-2)4-6-16/h7-9,12,15H,3-6H2,1-2H3. The van der Waals surface area contributed by atoms with E-state index in [1.54, 1.807) is 12.1 Å². The molecule has 1 saturated heterocycles. The minimum atomic E-state index is -0.134. The average Bonchev–Trinajstić information content (AvgIpc) is 2.28. The summed E-state index contributed by atoms with van der Waals surface area (Å²) in [5, 5.41) is 3.30. The summed E-state index contributed by atoms with van der Waals surface area (Å²) in [6, 6.07) is 5.88. The zero-order valence-corrected chi connectivity index (χ0v) is 9.96. The van der Waals surface area contributed by atoms with Gasteiger partial charge >= 0.3 is 0 Å². The first-order chi connectivity index (χ1) is 7.69. The third kappa shape index (κ3) is 2.53. The van der Waals surface area contributed by atoms with E-state index in [0.717, 1.165) is 37.2 Å². The van der Waals surface area contributed by atoms with Gasteiger partial charge in [-0.3, -0.25) is 0 Å². The summed E-state index contributed by atoms with van der Waals surface area (Å²) in [4.78, 5) is 2.27. The minimum absolute atomic E-state index is 0.134. The van der Waals surface area contributed by atoms with Crippen molar-refractivity contribution in [3.63, 3.8) is 0 Å². The zero-order chi connectivity index (χ0) is 11.5. The fourth-order valence-electron chi connectivity index (χ4n) is 2.33. The van der Waals surface area contributed by atoms with Crippen molar-refractivity contribution in [2.24, 2.45) is 0 Å². The molecule has 1 N–H and O–H groups in total. The number of halogens is 1. The first kappa shape index (κ1) is 11.4. The number of anilines is 1. The molecule has 88 valence electrons. The van der Waals surface area contributed by atoms with E-state index in [4.69, 9.17) is 0 Å². The monoisotopic (exact) mass is 222 g/mol. The van der Waals surface area contributed by atoms with Gasteiger partial charge in [0.1, 0.15) is 5.82 Å². The molecule has 0 saturated carbocycles. The topological polar surface area (TPSA) is 15.3 Å². The molecule has 2 nitrogen and oxygen atoms in total. The molecule has 0 unspecified atom stereocenters. The van der Waals surface area contributed by atoms with Gasteiger partial charge < -0.3 is 10.2 Å². The quantitative estimate of drug-likeness (QED) is 0.826. The summed E-state index contributed by atoms with van der Waals surface area (Å²) < 4.78 is 13.3. The molecular formula is C13H19FN2. The third-order valence-electron chi connectivity index (χ3n) is 3.30. The number of hydrogen-bond acceptors (Lipinski definition) is 2. The summed E-state index contributed by atoms with van der Waals surface area (Å²) in [6.07, 6.45) is 2.26. The van der Waals surface area contributed by atoms with Gasteiger partial charge in [-0.15, -0.1) is 0 Å². The molecule has 0 atom stereocenters. The van der Waals surface area contributed by atoms with Gasteiger partial charge in [0.15, 0.2) is 0 Å². The lowest BCUT2D eigenvalue weighted by atomic mass is 10.0. The van der Waals surface area contributed by atoms with E-state index < -0.39 is 0 Å². The van der Waals surface area contributed by atoms with E-state index in [-0.39, 0.29) is 5.82 Å². The first-order valence-electron chi connectivity index (χ1n) is 5.88. The molecule has 0 aromatic heterocycles. The number of nitrogens with one attached hydrogen (secondary N) is 1. The highest BCUT2D eigenvalue weighted by Gasteiger charge is 2.18. The molecule has 1 fully saturated rings. The summed E-state index contributed by atoms with van der Waals surface area (Å²) in [5.41, 5.74) is 2.01. The molecule has 1 aromatic carbocycles. The Morgan fingerprint density at radius 2 is 1.94 bits per heavy atom. The van der Waals surface area contributed by atoms with Crippen molar-refractivity contribution < 1.29 is 4.39 Å². The van der Waals surface area contributed by atoms with E-state index in [2.05, 4.69) is 16.3 Å². The molecule has 0 aliphatic carbocycles.